The van der Waals surface area contributed by atoms with Crippen molar-refractivity contribution < 1.29 is 19.1 Å². The van der Waals surface area contributed by atoms with Crippen LogP contribution in [0.25, 0.3) is 0 Å². The third-order valence-corrected chi connectivity index (χ3v) is 7.77. The minimum absolute atomic E-state index is 0.00402. The molecule has 7 nitrogen and oxygen atoms in total. The summed E-state index contributed by atoms with van der Waals surface area (Å²) in [6.07, 6.45) is 7.38. The summed E-state index contributed by atoms with van der Waals surface area (Å²) in [7, 11) is 3.18. The zero-order valence-electron chi connectivity index (χ0n) is 22.9. The highest BCUT2D eigenvalue weighted by Crippen LogP contribution is 2.26. The summed E-state index contributed by atoms with van der Waals surface area (Å²) in [6, 6.07) is 19.0. The maximum Gasteiger partial charge on any atom is 0.254 e. The van der Waals surface area contributed by atoms with Gasteiger partial charge < -0.3 is 23.8 Å². The number of hydrogen-bond donors (Lipinski definition) is 0. The summed E-state index contributed by atoms with van der Waals surface area (Å²) in [4.78, 5) is 31.0. The molecule has 208 valence electrons. The molecule has 1 aromatic heterocycles. The van der Waals surface area contributed by atoms with Crippen molar-refractivity contribution in [3.8, 4) is 5.75 Å². The number of rotatable bonds is 12. The van der Waals surface area contributed by atoms with Crippen molar-refractivity contribution in [2.75, 3.05) is 33.9 Å². The molecule has 1 saturated carbocycles. The van der Waals surface area contributed by atoms with Crippen molar-refractivity contribution >= 4 is 23.4 Å². The molecule has 0 bridgehead atoms. The molecule has 0 aliphatic heterocycles. The van der Waals surface area contributed by atoms with Gasteiger partial charge in [-0.3, -0.25) is 9.59 Å². The van der Waals surface area contributed by atoms with Crippen LogP contribution in [0, 0.1) is 0 Å². The molecule has 1 aliphatic carbocycles. The van der Waals surface area contributed by atoms with E-state index in [1.807, 2.05) is 41.4 Å². The van der Waals surface area contributed by atoms with Gasteiger partial charge in [-0.2, -0.15) is 0 Å². The third kappa shape index (κ3) is 7.64. The fraction of sp³-hybridized carbons (Fsp3) is 0.419. The molecule has 1 aliphatic rings. The van der Waals surface area contributed by atoms with Gasteiger partial charge in [0.25, 0.3) is 5.91 Å². The van der Waals surface area contributed by atoms with Crippen LogP contribution < -0.4 is 4.74 Å². The summed E-state index contributed by atoms with van der Waals surface area (Å²) in [5, 5.41) is 0.725. The second-order valence-corrected chi connectivity index (χ2v) is 10.4. The Balaban J connectivity index is 1.54. The van der Waals surface area contributed by atoms with Gasteiger partial charge in [-0.1, -0.05) is 49.1 Å². The van der Waals surface area contributed by atoms with Crippen LogP contribution in [0.1, 0.15) is 53.7 Å². The number of amides is 2. The van der Waals surface area contributed by atoms with Crippen LogP contribution in [0.3, 0.4) is 0 Å². The fourth-order valence-corrected chi connectivity index (χ4v) is 5.37. The Morgan fingerprint density at radius 3 is 2.41 bits per heavy atom. The Labute approximate surface area is 236 Å². The second-order valence-electron chi connectivity index (χ2n) is 9.98. The molecule has 3 aromatic rings. The Hall–Kier alpha value is -3.29. The number of benzene rings is 2. The van der Waals surface area contributed by atoms with Crippen LogP contribution in [-0.4, -0.2) is 66.1 Å². The first-order chi connectivity index (χ1) is 19.0. The van der Waals surface area contributed by atoms with Crippen LogP contribution in [-0.2, 0) is 22.6 Å². The number of hydrogen-bond acceptors (Lipinski definition) is 4. The minimum atomic E-state index is -0.200. The molecule has 8 heteroatoms. The number of carbonyl (C=O) groups excluding carboxylic acids is 2. The Morgan fingerprint density at radius 1 is 0.974 bits per heavy atom. The Bertz CT molecular complexity index is 1220. The number of methoxy groups -OCH3 is 2. The molecule has 0 N–H and O–H groups in total. The van der Waals surface area contributed by atoms with Crippen molar-refractivity contribution in [1.29, 1.82) is 0 Å². The average Bonchev–Trinajstić information content (AvgIpc) is 3.41. The largest absolute Gasteiger partial charge is 0.497 e. The quantitative estimate of drug-likeness (QED) is 0.292. The molecule has 0 saturated heterocycles. The molecular weight excluding hydrogens is 514 g/mol. The van der Waals surface area contributed by atoms with Crippen molar-refractivity contribution in [3.63, 3.8) is 0 Å². The molecule has 0 atom stereocenters. The number of aromatic nitrogens is 1. The first-order valence-corrected chi connectivity index (χ1v) is 14.0. The van der Waals surface area contributed by atoms with E-state index in [1.54, 1.807) is 43.4 Å². The van der Waals surface area contributed by atoms with Gasteiger partial charge in [-0.05, 0) is 60.9 Å². The van der Waals surface area contributed by atoms with Crippen molar-refractivity contribution in [2.24, 2.45) is 0 Å². The predicted molar refractivity (Wildman–Crippen MR) is 153 cm³/mol. The van der Waals surface area contributed by atoms with Gasteiger partial charge in [0.05, 0.1) is 20.3 Å². The first kappa shape index (κ1) is 28.7. The number of ether oxygens (including phenoxy) is 2. The smallest absolute Gasteiger partial charge is 0.254 e. The zero-order valence-corrected chi connectivity index (χ0v) is 23.6. The maximum absolute atomic E-state index is 13.9. The Kier molecular flexibility index (Phi) is 10.5. The normalized spacial score (nSPS) is 13.7. The zero-order chi connectivity index (χ0) is 27.6. The minimum Gasteiger partial charge on any atom is -0.497 e. The van der Waals surface area contributed by atoms with Gasteiger partial charge in [0, 0.05) is 48.7 Å². The lowest BCUT2D eigenvalue weighted by molar-refractivity contribution is -0.136. The molecule has 4 rings (SSSR count). The summed E-state index contributed by atoms with van der Waals surface area (Å²) in [6.45, 7) is 1.78. The van der Waals surface area contributed by atoms with E-state index in [2.05, 4.69) is 10.6 Å². The van der Waals surface area contributed by atoms with Gasteiger partial charge in [0.2, 0.25) is 5.91 Å². The lowest BCUT2D eigenvalue weighted by atomic mass is 9.94. The summed E-state index contributed by atoms with van der Waals surface area (Å²) in [5.74, 6) is 0.424. The highest BCUT2D eigenvalue weighted by molar-refractivity contribution is 6.31. The molecule has 1 heterocycles. The number of carbonyl (C=O) groups is 2. The SMILES string of the molecule is COCCN(CC(=O)N(Cc1cccn1Cc1ccccc1Cl)C1CCCCC1)C(=O)c1ccc(OC)cc1. The maximum atomic E-state index is 13.9. The number of nitrogens with zero attached hydrogens (tertiary/aromatic N) is 3. The third-order valence-electron chi connectivity index (χ3n) is 7.41. The van der Waals surface area contributed by atoms with Gasteiger partial charge in [0.1, 0.15) is 12.3 Å². The van der Waals surface area contributed by atoms with Gasteiger partial charge in [-0.15, -0.1) is 0 Å². The van der Waals surface area contributed by atoms with Crippen LogP contribution in [0.4, 0.5) is 0 Å². The summed E-state index contributed by atoms with van der Waals surface area (Å²) >= 11 is 6.43. The van der Waals surface area contributed by atoms with Crippen molar-refractivity contribution in [2.45, 2.75) is 51.2 Å². The molecule has 0 spiro atoms. The van der Waals surface area contributed by atoms with Gasteiger partial charge in [-0.25, -0.2) is 0 Å². The van der Waals surface area contributed by atoms with E-state index in [-0.39, 0.29) is 24.4 Å². The first-order valence-electron chi connectivity index (χ1n) is 13.6. The molecule has 2 aromatic carbocycles. The molecule has 39 heavy (non-hydrogen) atoms. The predicted octanol–water partition coefficient (Wildman–Crippen LogP) is 5.65. The molecule has 2 amide bonds. The highest BCUT2D eigenvalue weighted by Gasteiger charge is 2.29. The van der Waals surface area contributed by atoms with E-state index in [1.165, 1.54) is 6.42 Å². The van der Waals surface area contributed by atoms with Crippen LogP contribution in [0.5, 0.6) is 5.75 Å². The summed E-state index contributed by atoms with van der Waals surface area (Å²) < 4.78 is 12.6. The number of halogens is 1. The topological polar surface area (TPSA) is 64.0 Å². The van der Waals surface area contributed by atoms with Gasteiger partial charge in [0.15, 0.2) is 0 Å². The molecular formula is C31H38ClN3O4. The Morgan fingerprint density at radius 2 is 1.72 bits per heavy atom. The van der Waals surface area contributed by atoms with Crippen LogP contribution in [0.15, 0.2) is 66.9 Å². The molecule has 0 unspecified atom stereocenters. The summed E-state index contributed by atoms with van der Waals surface area (Å²) in [5.41, 5.74) is 2.58. The van der Waals surface area contributed by atoms with Crippen LogP contribution in [0.2, 0.25) is 5.02 Å². The molecule has 0 radical (unpaired) electrons. The van der Waals surface area contributed by atoms with Crippen LogP contribution >= 0.6 is 11.6 Å². The van der Waals surface area contributed by atoms with E-state index in [4.69, 9.17) is 21.1 Å². The van der Waals surface area contributed by atoms with E-state index in [0.717, 1.165) is 42.0 Å². The van der Waals surface area contributed by atoms with Gasteiger partial charge >= 0.3 is 0 Å². The van der Waals surface area contributed by atoms with E-state index < -0.39 is 0 Å². The second kappa shape index (κ2) is 14.2. The monoisotopic (exact) mass is 551 g/mol. The fourth-order valence-electron chi connectivity index (χ4n) is 5.17. The average molecular weight is 552 g/mol. The highest BCUT2D eigenvalue weighted by atomic mass is 35.5. The van der Waals surface area contributed by atoms with Crippen molar-refractivity contribution in [3.05, 3.63) is 88.7 Å². The van der Waals surface area contributed by atoms with E-state index in [9.17, 15) is 9.59 Å². The lowest BCUT2D eigenvalue weighted by Crippen LogP contribution is -2.48. The van der Waals surface area contributed by atoms with Crippen molar-refractivity contribution in [1.82, 2.24) is 14.4 Å². The van der Waals surface area contributed by atoms with E-state index in [0.29, 0.717) is 37.6 Å². The standard InChI is InChI=1S/C31H38ClN3O4/c1-38-20-19-34(31(37)24-14-16-28(39-2)17-15-24)23-30(36)35(26-10-4-3-5-11-26)22-27-12-8-18-33(27)21-25-9-6-7-13-29(25)32/h6-9,12-18,26H,3-5,10-11,19-23H2,1-2H3. The molecule has 1 fully saturated rings. The van der Waals surface area contributed by atoms with E-state index >= 15 is 0 Å². The lowest BCUT2D eigenvalue weighted by Gasteiger charge is -2.36.